The van der Waals surface area contributed by atoms with Crippen molar-refractivity contribution in [3.8, 4) is 0 Å². The molecule has 1 aromatic heterocycles. The van der Waals surface area contributed by atoms with E-state index in [9.17, 15) is 9.59 Å². The van der Waals surface area contributed by atoms with Gasteiger partial charge in [-0.3, -0.25) is 19.6 Å². The van der Waals surface area contributed by atoms with Crippen molar-refractivity contribution in [1.29, 1.82) is 0 Å². The van der Waals surface area contributed by atoms with Crippen LogP contribution in [0.1, 0.15) is 36.2 Å². The second-order valence-electron chi connectivity index (χ2n) is 8.46. The van der Waals surface area contributed by atoms with Crippen LogP contribution in [0.15, 0.2) is 12.3 Å². The first-order valence-corrected chi connectivity index (χ1v) is 10.6. The van der Waals surface area contributed by atoms with Crippen molar-refractivity contribution in [3.05, 3.63) is 18.0 Å². The number of nitrogens with zero attached hydrogens (tertiary/aromatic N) is 5. The van der Waals surface area contributed by atoms with Gasteiger partial charge < -0.3 is 14.7 Å². The van der Waals surface area contributed by atoms with E-state index in [2.05, 4.69) is 31.9 Å². The topological polar surface area (TPSA) is 75.8 Å². The standard InChI is InChI=1S/C20H32N6O2/c1-23-11-13-25(14-12-23)19(27)16-3-2-8-26(15-16)17-5-9-24(10-6-17)20(28)18-4-7-21-22-18/h4,7,16-17H,2-3,5-6,8-15H2,1H3,(H,21,22). The van der Waals surface area contributed by atoms with Gasteiger partial charge >= 0.3 is 0 Å². The molecule has 0 aromatic carbocycles. The number of rotatable bonds is 3. The quantitative estimate of drug-likeness (QED) is 0.816. The first-order valence-electron chi connectivity index (χ1n) is 10.6. The molecule has 28 heavy (non-hydrogen) atoms. The monoisotopic (exact) mass is 388 g/mol. The molecule has 4 rings (SSSR count). The van der Waals surface area contributed by atoms with Crippen LogP contribution in [0.5, 0.6) is 0 Å². The number of likely N-dealkylation sites (tertiary alicyclic amines) is 2. The summed E-state index contributed by atoms with van der Waals surface area (Å²) in [5.74, 6) is 0.532. The predicted octanol–water partition coefficient (Wildman–Crippen LogP) is 0.500. The Balaban J connectivity index is 1.28. The summed E-state index contributed by atoms with van der Waals surface area (Å²) < 4.78 is 0. The van der Waals surface area contributed by atoms with E-state index >= 15 is 0 Å². The minimum absolute atomic E-state index is 0.0396. The van der Waals surface area contributed by atoms with Gasteiger partial charge in [0.05, 0.1) is 5.92 Å². The first kappa shape index (κ1) is 19.4. The van der Waals surface area contributed by atoms with Crippen LogP contribution in [0.4, 0.5) is 0 Å². The fourth-order valence-electron chi connectivity index (χ4n) is 4.80. The Hall–Kier alpha value is -1.93. The van der Waals surface area contributed by atoms with Gasteiger partial charge in [-0.2, -0.15) is 5.10 Å². The molecular formula is C20H32N6O2. The van der Waals surface area contributed by atoms with Crippen LogP contribution in [-0.4, -0.2) is 107 Å². The summed E-state index contributed by atoms with van der Waals surface area (Å²) in [6.45, 7) is 7.18. The van der Waals surface area contributed by atoms with Crippen molar-refractivity contribution in [2.45, 2.75) is 31.7 Å². The number of likely N-dealkylation sites (N-methyl/N-ethyl adjacent to an activating group) is 1. The lowest BCUT2D eigenvalue weighted by molar-refractivity contribution is -0.139. The molecule has 8 heteroatoms. The predicted molar refractivity (Wildman–Crippen MR) is 106 cm³/mol. The van der Waals surface area contributed by atoms with Crippen LogP contribution in [0, 0.1) is 5.92 Å². The van der Waals surface area contributed by atoms with E-state index in [1.807, 2.05) is 4.90 Å². The van der Waals surface area contributed by atoms with Crippen LogP contribution in [0.3, 0.4) is 0 Å². The van der Waals surface area contributed by atoms with Crippen LogP contribution in [0.2, 0.25) is 0 Å². The van der Waals surface area contributed by atoms with E-state index in [0.29, 0.717) is 17.6 Å². The Bertz CT molecular complexity index is 662. The third kappa shape index (κ3) is 4.22. The summed E-state index contributed by atoms with van der Waals surface area (Å²) >= 11 is 0. The van der Waals surface area contributed by atoms with E-state index in [4.69, 9.17) is 0 Å². The summed E-state index contributed by atoms with van der Waals surface area (Å²) in [6, 6.07) is 2.21. The Morgan fingerprint density at radius 3 is 2.43 bits per heavy atom. The number of aromatic amines is 1. The number of nitrogens with one attached hydrogen (secondary N) is 1. The number of H-pyrrole nitrogens is 1. The minimum Gasteiger partial charge on any atom is -0.340 e. The van der Waals surface area contributed by atoms with Gasteiger partial charge in [-0.1, -0.05) is 0 Å². The maximum absolute atomic E-state index is 13.0. The lowest BCUT2D eigenvalue weighted by Gasteiger charge is -2.43. The van der Waals surface area contributed by atoms with Crippen molar-refractivity contribution < 1.29 is 9.59 Å². The molecule has 4 heterocycles. The van der Waals surface area contributed by atoms with Crippen molar-refractivity contribution in [3.63, 3.8) is 0 Å². The van der Waals surface area contributed by atoms with Gasteiger partial charge in [-0.15, -0.1) is 0 Å². The molecule has 3 aliphatic rings. The molecule has 154 valence electrons. The Labute approximate surface area is 166 Å². The van der Waals surface area contributed by atoms with Crippen LogP contribution >= 0.6 is 0 Å². The van der Waals surface area contributed by atoms with E-state index in [-0.39, 0.29) is 11.8 Å². The van der Waals surface area contributed by atoms with E-state index in [1.165, 1.54) is 0 Å². The molecule has 3 aliphatic heterocycles. The Morgan fingerprint density at radius 1 is 1.00 bits per heavy atom. The van der Waals surface area contributed by atoms with E-state index in [1.54, 1.807) is 12.3 Å². The summed E-state index contributed by atoms with van der Waals surface area (Å²) in [6.07, 6.45) is 5.69. The van der Waals surface area contributed by atoms with E-state index in [0.717, 1.165) is 78.0 Å². The SMILES string of the molecule is CN1CCN(C(=O)C2CCCN(C3CCN(C(=O)c4ccn[nH]4)CC3)C2)CC1. The summed E-state index contributed by atoms with van der Waals surface area (Å²) in [5.41, 5.74) is 0.564. The molecule has 0 bridgehead atoms. The number of hydrogen-bond acceptors (Lipinski definition) is 5. The smallest absolute Gasteiger partial charge is 0.271 e. The highest BCUT2D eigenvalue weighted by atomic mass is 16.2. The van der Waals surface area contributed by atoms with Gasteiger partial charge in [0, 0.05) is 58.1 Å². The van der Waals surface area contributed by atoms with Crippen LogP contribution in [0.25, 0.3) is 0 Å². The highest BCUT2D eigenvalue weighted by molar-refractivity contribution is 5.92. The molecule has 3 fully saturated rings. The number of piperidine rings is 2. The lowest BCUT2D eigenvalue weighted by atomic mass is 9.92. The highest BCUT2D eigenvalue weighted by Gasteiger charge is 2.34. The number of carbonyl (C=O) groups excluding carboxylic acids is 2. The van der Waals surface area contributed by atoms with Gasteiger partial charge in [-0.25, -0.2) is 0 Å². The molecule has 3 saturated heterocycles. The van der Waals surface area contributed by atoms with Crippen molar-refractivity contribution >= 4 is 11.8 Å². The van der Waals surface area contributed by atoms with Gasteiger partial charge in [-0.05, 0) is 45.3 Å². The molecule has 0 radical (unpaired) electrons. The molecule has 0 spiro atoms. The molecule has 1 N–H and O–H groups in total. The highest BCUT2D eigenvalue weighted by Crippen LogP contribution is 2.26. The molecule has 0 aliphatic carbocycles. The van der Waals surface area contributed by atoms with Gasteiger partial charge in [0.1, 0.15) is 5.69 Å². The third-order valence-electron chi connectivity index (χ3n) is 6.62. The average molecular weight is 389 g/mol. The summed E-state index contributed by atoms with van der Waals surface area (Å²) in [7, 11) is 2.12. The largest absolute Gasteiger partial charge is 0.340 e. The van der Waals surface area contributed by atoms with Gasteiger partial charge in [0.25, 0.3) is 5.91 Å². The molecule has 1 aromatic rings. The molecule has 1 unspecified atom stereocenters. The normalized spacial score (nSPS) is 25.8. The first-order chi connectivity index (χ1) is 13.6. The fourth-order valence-corrected chi connectivity index (χ4v) is 4.80. The fraction of sp³-hybridized carbons (Fsp3) is 0.750. The van der Waals surface area contributed by atoms with Crippen LogP contribution < -0.4 is 0 Å². The zero-order valence-corrected chi connectivity index (χ0v) is 16.8. The number of aromatic nitrogens is 2. The molecule has 2 amide bonds. The summed E-state index contributed by atoms with van der Waals surface area (Å²) in [5, 5.41) is 6.64. The van der Waals surface area contributed by atoms with E-state index < -0.39 is 0 Å². The number of carbonyl (C=O) groups is 2. The number of hydrogen-bond donors (Lipinski definition) is 1. The molecule has 8 nitrogen and oxygen atoms in total. The van der Waals surface area contributed by atoms with Gasteiger partial charge in [0.2, 0.25) is 5.91 Å². The maximum atomic E-state index is 13.0. The maximum Gasteiger partial charge on any atom is 0.271 e. The number of piperazine rings is 1. The number of amides is 2. The average Bonchev–Trinajstić information content (AvgIpc) is 3.28. The van der Waals surface area contributed by atoms with Crippen molar-refractivity contribution in [2.24, 2.45) is 5.92 Å². The third-order valence-corrected chi connectivity index (χ3v) is 6.62. The molecule has 1 atom stereocenters. The summed E-state index contributed by atoms with van der Waals surface area (Å²) in [4.78, 5) is 34.2. The van der Waals surface area contributed by atoms with Crippen LogP contribution in [-0.2, 0) is 4.79 Å². The lowest BCUT2D eigenvalue weighted by Crippen LogP contribution is -2.54. The Morgan fingerprint density at radius 2 is 1.75 bits per heavy atom. The van der Waals surface area contributed by atoms with Crippen molar-refractivity contribution in [2.75, 3.05) is 59.4 Å². The second-order valence-corrected chi connectivity index (χ2v) is 8.46. The zero-order valence-electron chi connectivity index (χ0n) is 16.8. The Kier molecular flexibility index (Phi) is 5.96. The zero-order chi connectivity index (χ0) is 19.5. The molecular weight excluding hydrogens is 356 g/mol. The van der Waals surface area contributed by atoms with Gasteiger partial charge in [0.15, 0.2) is 0 Å². The van der Waals surface area contributed by atoms with Crippen molar-refractivity contribution in [1.82, 2.24) is 29.8 Å². The second kappa shape index (κ2) is 8.61. The minimum atomic E-state index is 0.0396. The molecule has 0 saturated carbocycles.